The summed E-state index contributed by atoms with van der Waals surface area (Å²) in [5.74, 6) is 0.271. The maximum Gasteiger partial charge on any atom is 0.121 e. The van der Waals surface area contributed by atoms with Gasteiger partial charge in [0.05, 0.1) is 16.7 Å². The fraction of sp³-hybridized carbons (Fsp3) is 0.400. The van der Waals surface area contributed by atoms with Crippen LogP contribution in [-0.4, -0.2) is 25.1 Å². The number of nitrogens with zero attached hydrogens (tertiary/aromatic N) is 2. The molecule has 0 bridgehead atoms. The first-order valence-corrected chi connectivity index (χ1v) is 9.24. The molecule has 1 fully saturated rings. The molecule has 0 amide bonds. The molecule has 7 heteroatoms. The van der Waals surface area contributed by atoms with Crippen LogP contribution in [0, 0.1) is 11.3 Å². The van der Waals surface area contributed by atoms with Crippen molar-refractivity contribution in [2.24, 2.45) is 10.7 Å². The van der Waals surface area contributed by atoms with Crippen LogP contribution in [0.15, 0.2) is 46.7 Å². The number of ether oxygens (including phenoxy) is 1. The van der Waals surface area contributed by atoms with Gasteiger partial charge in [0, 0.05) is 36.4 Å². The number of halogens is 1. The van der Waals surface area contributed by atoms with E-state index in [2.05, 4.69) is 10.3 Å². The molecule has 27 heavy (non-hydrogen) atoms. The smallest absolute Gasteiger partial charge is 0.121 e. The van der Waals surface area contributed by atoms with Gasteiger partial charge in [0.2, 0.25) is 0 Å². The molecule has 0 heterocycles. The number of nitrogens with one attached hydrogen (secondary N) is 1. The minimum Gasteiger partial charge on any atom is -0.857 e. The Kier molecular flexibility index (Phi) is 7.56. The lowest BCUT2D eigenvalue weighted by atomic mass is 9.93. The van der Waals surface area contributed by atoms with Crippen LogP contribution >= 0.6 is 11.6 Å². The van der Waals surface area contributed by atoms with Crippen molar-refractivity contribution >= 4 is 17.5 Å². The number of rotatable bonds is 6. The third kappa shape index (κ3) is 6.22. The van der Waals surface area contributed by atoms with Gasteiger partial charge in [-0.1, -0.05) is 11.6 Å². The van der Waals surface area contributed by atoms with Crippen molar-refractivity contribution in [1.82, 2.24) is 5.32 Å². The van der Waals surface area contributed by atoms with Gasteiger partial charge in [-0.15, -0.1) is 0 Å². The highest BCUT2D eigenvalue weighted by atomic mass is 35.5. The van der Waals surface area contributed by atoms with Crippen molar-refractivity contribution in [3.8, 4) is 11.8 Å². The molecule has 0 saturated heterocycles. The van der Waals surface area contributed by atoms with Gasteiger partial charge >= 0.3 is 0 Å². The number of nitriles is 1. The average molecular weight is 388 g/mol. The molecule has 0 aromatic heterocycles. The Balaban J connectivity index is 1.89. The van der Waals surface area contributed by atoms with Crippen LogP contribution in [0.25, 0.3) is 0 Å². The van der Waals surface area contributed by atoms with Gasteiger partial charge in [-0.25, -0.2) is 0 Å². The first-order chi connectivity index (χ1) is 12.9. The number of hydrogen-bond donors (Lipinski definition) is 2. The number of hydrogen-bond acceptors (Lipinski definition) is 6. The largest absolute Gasteiger partial charge is 0.857 e. The molecule has 6 nitrogen and oxygen atoms in total. The van der Waals surface area contributed by atoms with Crippen molar-refractivity contribution in [2.75, 3.05) is 7.05 Å². The summed E-state index contributed by atoms with van der Waals surface area (Å²) in [6.45, 7) is 1.88. The summed E-state index contributed by atoms with van der Waals surface area (Å²) in [6.07, 6.45) is 6.47. The second-order valence-electron chi connectivity index (χ2n) is 6.46. The Morgan fingerprint density at radius 1 is 1.37 bits per heavy atom. The Morgan fingerprint density at radius 3 is 2.67 bits per heavy atom. The van der Waals surface area contributed by atoms with E-state index in [0.717, 1.165) is 31.4 Å². The van der Waals surface area contributed by atoms with Crippen molar-refractivity contribution < 1.29 is 9.84 Å². The molecule has 1 saturated carbocycles. The summed E-state index contributed by atoms with van der Waals surface area (Å²) < 4.78 is 5.94. The molecule has 0 aliphatic heterocycles. The van der Waals surface area contributed by atoms with E-state index >= 15 is 0 Å². The van der Waals surface area contributed by atoms with Gasteiger partial charge in [-0.3, -0.25) is 4.99 Å². The summed E-state index contributed by atoms with van der Waals surface area (Å²) in [7, 11) is 1.80. The van der Waals surface area contributed by atoms with Crippen LogP contribution in [0.1, 0.15) is 38.2 Å². The van der Waals surface area contributed by atoms with Gasteiger partial charge in [0.25, 0.3) is 0 Å². The van der Waals surface area contributed by atoms with E-state index in [1.807, 2.05) is 13.0 Å². The van der Waals surface area contributed by atoms with Gasteiger partial charge in [0.1, 0.15) is 11.8 Å². The fourth-order valence-corrected chi connectivity index (χ4v) is 2.97. The Hall–Kier alpha value is -2.65. The standard InChI is InChI=1S/C20H25ClN4O2/c1-13(24-2)3-10-19(23)20(26)25-15-5-8-16(9-6-15)27-17-7-4-14(12-22)18(21)11-17/h3-4,7,10-11,15-16,24H,5-6,8-9,23H2,1-2H3,(H,25,26)/p-1/b13-3-,19-10-. The minimum atomic E-state index is -0.376. The van der Waals surface area contributed by atoms with Gasteiger partial charge < -0.3 is 20.9 Å². The van der Waals surface area contributed by atoms with Gasteiger partial charge in [-0.05, 0) is 56.9 Å². The van der Waals surface area contributed by atoms with Crippen molar-refractivity contribution in [2.45, 2.75) is 44.8 Å². The third-order valence-corrected chi connectivity index (χ3v) is 4.77. The summed E-state index contributed by atoms with van der Waals surface area (Å²) in [5.41, 5.74) is 7.26. The molecular formula is C20H24ClN4O2-. The first-order valence-electron chi connectivity index (χ1n) is 8.86. The molecule has 0 atom stereocenters. The molecule has 1 aliphatic rings. The highest BCUT2D eigenvalue weighted by Crippen LogP contribution is 2.28. The zero-order chi connectivity index (χ0) is 19.8. The molecule has 2 rings (SSSR count). The van der Waals surface area contributed by atoms with Crippen molar-refractivity contribution in [3.63, 3.8) is 0 Å². The third-order valence-electron chi connectivity index (χ3n) is 4.46. The molecule has 0 unspecified atom stereocenters. The zero-order valence-corrected chi connectivity index (χ0v) is 16.3. The van der Waals surface area contributed by atoms with E-state index in [4.69, 9.17) is 27.3 Å². The zero-order valence-electron chi connectivity index (χ0n) is 15.5. The van der Waals surface area contributed by atoms with Crippen LogP contribution in [0.3, 0.4) is 0 Å². The van der Waals surface area contributed by atoms with Gasteiger partial charge in [-0.2, -0.15) is 5.26 Å². The molecule has 0 radical (unpaired) electrons. The number of nitrogens with two attached hydrogens (primary N) is 1. The first kappa shape index (κ1) is 20.7. The number of benzene rings is 1. The van der Waals surface area contributed by atoms with E-state index in [1.54, 1.807) is 37.4 Å². The summed E-state index contributed by atoms with van der Waals surface area (Å²) in [4.78, 5) is 4.22. The van der Waals surface area contributed by atoms with Crippen LogP contribution in [0.2, 0.25) is 5.02 Å². The monoisotopic (exact) mass is 387 g/mol. The van der Waals surface area contributed by atoms with Crippen molar-refractivity contribution in [3.05, 3.63) is 52.3 Å². The maximum atomic E-state index is 12.1. The lowest BCUT2D eigenvalue weighted by Crippen LogP contribution is -2.31. The highest BCUT2D eigenvalue weighted by molar-refractivity contribution is 6.31. The normalized spacial score (nSPS) is 21.5. The summed E-state index contributed by atoms with van der Waals surface area (Å²) in [6, 6.07) is 7.04. The van der Waals surface area contributed by atoms with E-state index in [-0.39, 0.29) is 23.7 Å². The lowest BCUT2D eigenvalue weighted by molar-refractivity contribution is -0.214. The fourth-order valence-electron chi connectivity index (χ4n) is 2.75. The quantitative estimate of drug-likeness (QED) is 0.443. The predicted octanol–water partition coefficient (Wildman–Crippen LogP) is 2.63. The Morgan fingerprint density at radius 2 is 2.07 bits per heavy atom. The topological polar surface area (TPSA) is 106 Å². The van der Waals surface area contributed by atoms with Crippen molar-refractivity contribution in [1.29, 1.82) is 5.26 Å². The molecule has 1 aliphatic carbocycles. The average Bonchev–Trinajstić information content (AvgIpc) is 2.67. The van der Waals surface area contributed by atoms with Crippen LogP contribution in [-0.2, 0) is 0 Å². The second-order valence-corrected chi connectivity index (χ2v) is 6.86. The molecule has 3 N–H and O–H groups in total. The lowest BCUT2D eigenvalue weighted by Gasteiger charge is -2.28. The Labute approximate surface area is 165 Å². The SMILES string of the molecule is CN/C(C)=C\C=C(/N)C([O-])=NC1CCC(Oc2ccc(C#N)c(Cl)c2)CC1. The number of allylic oxidation sites excluding steroid dienone is 3. The molecule has 1 aromatic rings. The predicted molar refractivity (Wildman–Crippen MR) is 105 cm³/mol. The molecule has 144 valence electrons. The van der Waals surface area contributed by atoms with E-state index in [0.29, 0.717) is 16.3 Å². The van der Waals surface area contributed by atoms with Gasteiger partial charge in [0.15, 0.2) is 0 Å². The maximum absolute atomic E-state index is 12.1. The Bertz CT molecular complexity index is 788. The summed E-state index contributed by atoms with van der Waals surface area (Å²) in [5, 5.41) is 24.4. The van der Waals surface area contributed by atoms with Crippen LogP contribution in [0.5, 0.6) is 5.75 Å². The molecule has 1 aromatic carbocycles. The molecule has 0 spiro atoms. The number of aliphatic imine (C=N–C) groups is 1. The van der Waals surface area contributed by atoms with E-state index in [1.165, 1.54) is 0 Å². The minimum absolute atomic E-state index is 0.0387. The second kappa shape index (κ2) is 9.89. The highest BCUT2D eigenvalue weighted by Gasteiger charge is 2.22. The van der Waals surface area contributed by atoms with E-state index < -0.39 is 0 Å². The molecular weight excluding hydrogens is 364 g/mol. The summed E-state index contributed by atoms with van der Waals surface area (Å²) >= 11 is 6.03. The van der Waals surface area contributed by atoms with Crippen LogP contribution in [0.4, 0.5) is 0 Å². The van der Waals surface area contributed by atoms with E-state index in [9.17, 15) is 5.11 Å². The van der Waals surface area contributed by atoms with Crippen LogP contribution < -0.4 is 20.9 Å².